The van der Waals surface area contributed by atoms with Crippen molar-refractivity contribution in [1.29, 1.82) is 0 Å². The summed E-state index contributed by atoms with van der Waals surface area (Å²) in [5, 5.41) is 11.4. The molecule has 1 N–H and O–H groups in total. The van der Waals surface area contributed by atoms with Gasteiger partial charge in [0.2, 0.25) is 11.8 Å². The summed E-state index contributed by atoms with van der Waals surface area (Å²) in [4.78, 5) is 47.7. The Morgan fingerprint density at radius 3 is 2.55 bits per heavy atom. The smallest absolute Gasteiger partial charge is 0.251 e. The molecule has 2 bridgehead atoms. The number of likely N-dealkylation sites (N-methyl/N-ethyl adjacent to an activating group) is 1. The molecule has 3 heterocycles. The maximum Gasteiger partial charge on any atom is 0.251 e. The highest BCUT2D eigenvalue weighted by atomic mass is 79.9. The lowest BCUT2D eigenvalue weighted by Gasteiger charge is -2.38. The summed E-state index contributed by atoms with van der Waals surface area (Å²) in [5.74, 6) is -1.47. The molecule has 2 aromatic rings. The van der Waals surface area contributed by atoms with Crippen molar-refractivity contribution in [2.75, 3.05) is 38.2 Å². The van der Waals surface area contributed by atoms with Gasteiger partial charge in [0.05, 0.1) is 16.6 Å². The van der Waals surface area contributed by atoms with Crippen LogP contribution in [0.2, 0.25) is 0 Å². The minimum Gasteiger partial charge on any atom is -0.396 e. The summed E-state index contributed by atoms with van der Waals surface area (Å²) >= 11 is 5.47. The molecular weight excluding hydrogens is 590 g/mol. The molecule has 0 aromatic heterocycles. The first-order valence-electron chi connectivity index (χ1n) is 13.8. The molecule has 2 aromatic carbocycles. The number of benzene rings is 2. The van der Waals surface area contributed by atoms with Crippen LogP contribution in [0.15, 0.2) is 67.8 Å². The quantitative estimate of drug-likeness (QED) is 0.229. The molecule has 3 unspecified atom stereocenters. The van der Waals surface area contributed by atoms with Crippen molar-refractivity contribution < 1.29 is 19.5 Å². The molecule has 3 saturated heterocycles. The van der Waals surface area contributed by atoms with E-state index in [0.717, 1.165) is 16.5 Å². The topological polar surface area (TPSA) is 81.2 Å². The van der Waals surface area contributed by atoms with Gasteiger partial charge in [0.25, 0.3) is 5.91 Å². The number of halogens is 1. The number of aliphatic hydroxyl groups excluding tert-OH is 1. The third kappa shape index (κ3) is 4.69. The van der Waals surface area contributed by atoms with E-state index in [0.29, 0.717) is 38.9 Å². The molecule has 5 rings (SSSR count). The number of aliphatic hydroxyl groups is 1. The van der Waals surface area contributed by atoms with Gasteiger partial charge in [0.1, 0.15) is 6.04 Å². The average Bonchev–Trinajstić information content (AvgIpc) is 3.54. The predicted molar refractivity (Wildman–Crippen MR) is 165 cm³/mol. The number of nitrogens with zero attached hydrogens (tertiary/aromatic N) is 3. The first kappa shape index (κ1) is 28.9. The number of anilines is 1. The van der Waals surface area contributed by atoms with Crippen molar-refractivity contribution in [3.8, 4) is 0 Å². The van der Waals surface area contributed by atoms with Gasteiger partial charge >= 0.3 is 0 Å². The zero-order chi connectivity index (χ0) is 28.6. The molecule has 1 spiro atoms. The summed E-state index contributed by atoms with van der Waals surface area (Å²) in [6.45, 7) is 8.74. The summed E-state index contributed by atoms with van der Waals surface area (Å²) in [6, 6.07) is 13.2. The van der Waals surface area contributed by atoms with E-state index < -0.39 is 22.6 Å². The summed E-state index contributed by atoms with van der Waals surface area (Å²) in [5.41, 5.74) is 0.748. The molecule has 3 aliphatic heterocycles. The normalized spacial score (nSPS) is 28.5. The number of carbonyl (C=O) groups excluding carboxylic acids is 3. The summed E-state index contributed by atoms with van der Waals surface area (Å²) in [6.07, 6.45) is 5.12. The van der Waals surface area contributed by atoms with Gasteiger partial charge in [-0.25, -0.2) is 0 Å². The number of likely N-dealkylation sites (tertiary alicyclic amines) is 1. The molecule has 212 valence electrons. The molecule has 3 fully saturated rings. The van der Waals surface area contributed by atoms with E-state index in [4.69, 9.17) is 0 Å². The molecule has 3 amide bonds. The highest BCUT2D eigenvalue weighted by molar-refractivity contribution is 9.09. The Balaban J connectivity index is 1.57. The van der Waals surface area contributed by atoms with Crippen LogP contribution in [0, 0.1) is 11.8 Å². The SMILES string of the molecule is C=CCN(C)C(=O)[C@H]1[C@H]2C(=O)N(CCCCO)C(C(=O)N(CC=C)c3ccc4ccccc4c3)C23CC(Br)[C@@H]1S3. The van der Waals surface area contributed by atoms with E-state index in [-0.39, 0.29) is 34.4 Å². The third-order valence-electron chi connectivity index (χ3n) is 8.52. The molecule has 40 heavy (non-hydrogen) atoms. The number of alkyl halides is 1. The van der Waals surface area contributed by atoms with Crippen LogP contribution in [0.3, 0.4) is 0 Å². The maximum absolute atomic E-state index is 14.7. The van der Waals surface area contributed by atoms with Crippen molar-refractivity contribution in [1.82, 2.24) is 9.80 Å². The van der Waals surface area contributed by atoms with Gasteiger partial charge in [-0.2, -0.15) is 0 Å². The Hall–Kier alpha value is -2.62. The minimum atomic E-state index is -0.729. The van der Waals surface area contributed by atoms with Gasteiger partial charge in [0.15, 0.2) is 0 Å². The highest BCUT2D eigenvalue weighted by Gasteiger charge is 2.75. The van der Waals surface area contributed by atoms with Gasteiger partial charge in [0, 0.05) is 49.1 Å². The van der Waals surface area contributed by atoms with Crippen LogP contribution in [0.4, 0.5) is 5.69 Å². The van der Waals surface area contributed by atoms with Crippen LogP contribution in [0.1, 0.15) is 19.3 Å². The molecule has 7 nitrogen and oxygen atoms in total. The van der Waals surface area contributed by atoms with Gasteiger partial charge in [-0.15, -0.1) is 24.9 Å². The molecule has 0 aliphatic carbocycles. The predicted octanol–water partition coefficient (Wildman–Crippen LogP) is 4.24. The van der Waals surface area contributed by atoms with E-state index in [9.17, 15) is 19.5 Å². The van der Waals surface area contributed by atoms with Crippen LogP contribution in [-0.2, 0) is 14.4 Å². The summed E-state index contributed by atoms with van der Waals surface area (Å²) < 4.78 is -0.724. The average molecular weight is 627 g/mol. The number of thioether (sulfide) groups is 1. The van der Waals surface area contributed by atoms with Crippen LogP contribution in [0.25, 0.3) is 10.8 Å². The lowest BCUT2D eigenvalue weighted by Crippen LogP contribution is -2.56. The number of amides is 3. The fourth-order valence-corrected chi connectivity index (χ4v) is 10.4. The fourth-order valence-electron chi connectivity index (χ4n) is 6.81. The van der Waals surface area contributed by atoms with Crippen LogP contribution >= 0.6 is 27.7 Å². The van der Waals surface area contributed by atoms with E-state index in [2.05, 4.69) is 29.1 Å². The molecule has 9 heteroatoms. The van der Waals surface area contributed by atoms with E-state index in [1.807, 2.05) is 42.5 Å². The van der Waals surface area contributed by atoms with Crippen molar-refractivity contribution >= 4 is 61.9 Å². The number of rotatable bonds is 11. The number of carbonyl (C=O) groups is 3. The van der Waals surface area contributed by atoms with Crippen molar-refractivity contribution in [3.05, 3.63) is 67.8 Å². The van der Waals surface area contributed by atoms with Crippen LogP contribution in [-0.4, -0.2) is 86.8 Å². The van der Waals surface area contributed by atoms with Gasteiger partial charge in [-0.05, 0) is 42.2 Å². The largest absolute Gasteiger partial charge is 0.396 e. The van der Waals surface area contributed by atoms with Gasteiger partial charge < -0.3 is 19.8 Å². The minimum absolute atomic E-state index is 0.00819. The van der Waals surface area contributed by atoms with Crippen molar-refractivity contribution in [2.24, 2.45) is 11.8 Å². The molecular formula is C31H36BrN3O4S. The second kappa shape index (κ2) is 11.7. The first-order chi connectivity index (χ1) is 19.3. The number of hydrogen-bond donors (Lipinski definition) is 1. The first-order valence-corrected chi connectivity index (χ1v) is 15.6. The fraction of sp³-hybridized carbons (Fsp3) is 0.452. The number of hydrogen-bond acceptors (Lipinski definition) is 5. The van der Waals surface area contributed by atoms with Crippen LogP contribution in [0.5, 0.6) is 0 Å². The lowest BCUT2D eigenvalue weighted by atomic mass is 9.70. The zero-order valence-electron chi connectivity index (χ0n) is 22.7. The Kier molecular flexibility index (Phi) is 8.45. The Morgan fingerprint density at radius 1 is 1.12 bits per heavy atom. The van der Waals surface area contributed by atoms with Gasteiger partial charge in [-0.3, -0.25) is 14.4 Å². The zero-order valence-corrected chi connectivity index (χ0v) is 25.1. The Labute approximate surface area is 248 Å². The standard InChI is InChI=1S/C31H36BrN3O4S/c1-4-14-33(3)28(37)24-25-29(38)35(16-8-9-17-36)27(31(25)19-23(32)26(24)40-31)30(39)34(15-5-2)22-13-12-20-10-6-7-11-21(20)18-22/h4-7,10-13,18,23-27,36H,1-2,8-9,14-17,19H2,3H3/t23?,24-,25-,26-,27?,31?/m0/s1. The monoisotopic (exact) mass is 625 g/mol. The van der Waals surface area contributed by atoms with Crippen molar-refractivity contribution in [3.63, 3.8) is 0 Å². The number of unbranched alkanes of at least 4 members (excludes halogenated alkanes) is 1. The third-order valence-corrected chi connectivity index (χ3v) is 11.7. The second-order valence-corrected chi connectivity index (χ2v) is 13.6. The van der Waals surface area contributed by atoms with Crippen LogP contribution < -0.4 is 4.90 Å². The number of fused-ring (bicyclic) bond motifs is 2. The molecule has 0 radical (unpaired) electrons. The molecule has 3 aliphatic rings. The second-order valence-electron chi connectivity index (χ2n) is 10.9. The molecule has 6 atom stereocenters. The summed E-state index contributed by atoms with van der Waals surface area (Å²) in [7, 11) is 1.74. The maximum atomic E-state index is 14.7. The van der Waals surface area contributed by atoms with Crippen molar-refractivity contribution in [2.45, 2.75) is 40.1 Å². The Morgan fingerprint density at radius 2 is 1.85 bits per heavy atom. The van der Waals surface area contributed by atoms with E-state index in [1.54, 1.807) is 45.7 Å². The highest BCUT2D eigenvalue weighted by Crippen LogP contribution is 2.68. The lowest BCUT2D eigenvalue weighted by molar-refractivity contribution is -0.143. The Bertz CT molecular complexity index is 1340. The van der Waals surface area contributed by atoms with E-state index in [1.165, 1.54) is 0 Å². The van der Waals surface area contributed by atoms with Gasteiger partial charge in [-0.1, -0.05) is 58.4 Å². The van der Waals surface area contributed by atoms with E-state index >= 15 is 0 Å². The molecule has 0 saturated carbocycles.